The molecule has 1 amide bonds. The zero-order chi connectivity index (χ0) is 16.8. The van der Waals surface area contributed by atoms with Crippen molar-refractivity contribution in [2.45, 2.75) is 38.5 Å². The van der Waals surface area contributed by atoms with Gasteiger partial charge in [0.05, 0.1) is 4.90 Å². The molecule has 0 unspecified atom stereocenters. The first-order chi connectivity index (χ1) is 10.4. The predicted molar refractivity (Wildman–Crippen MR) is 88.2 cm³/mol. The van der Waals surface area contributed by atoms with Crippen LogP contribution in [-0.4, -0.2) is 50.2 Å². The van der Waals surface area contributed by atoms with Gasteiger partial charge in [-0.05, 0) is 31.0 Å². The lowest BCUT2D eigenvalue weighted by Gasteiger charge is -2.18. The summed E-state index contributed by atoms with van der Waals surface area (Å²) >= 11 is 0. The Morgan fingerprint density at radius 1 is 1.00 bits per heavy atom. The molecule has 0 radical (unpaired) electrons. The number of carbonyl (C=O) groups excluding carboxylic acids is 1. The normalized spacial score (nSPS) is 11.7. The Morgan fingerprint density at radius 3 is 2.00 bits per heavy atom. The molecule has 0 bridgehead atoms. The SMILES string of the molecule is CCN(C)C(=O)CCc1ccc(S(=O)(=O)N(CC)CC)cc1. The molecule has 1 rings (SSSR count). The third-order valence-corrected chi connectivity index (χ3v) is 5.86. The van der Waals surface area contributed by atoms with E-state index in [1.165, 1.54) is 4.31 Å². The number of amides is 1. The van der Waals surface area contributed by atoms with Crippen molar-refractivity contribution in [3.05, 3.63) is 29.8 Å². The monoisotopic (exact) mass is 326 g/mol. The van der Waals surface area contributed by atoms with E-state index in [4.69, 9.17) is 0 Å². The van der Waals surface area contributed by atoms with Crippen molar-refractivity contribution >= 4 is 15.9 Å². The summed E-state index contributed by atoms with van der Waals surface area (Å²) in [5, 5.41) is 0. The van der Waals surface area contributed by atoms with Gasteiger partial charge < -0.3 is 4.90 Å². The van der Waals surface area contributed by atoms with Crippen LogP contribution in [-0.2, 0) is 21.2 Å². The van der Waals surface area contributed by atoms with Gasteiger partial charge in [0.1, 0.15) is 0 Å². The minimum atomic E-state index is -3.41. The second-order valence-corrected chi connectivity index (χ2v) is 7.08. The molecule has 0 aliphatic rings. The Bertz CT molecular complexity index is 578. The fourth-order valence-electron chi connectivity index (χ4n) is 2.16. The van der Waals surface area contributed by atoms with Crippen LogP contribution in [0.2, 0.25) is 0 Å². The van der Waals surface area contributed by atoms with Crippen molar-refractivity contribution in [2.75, 3.05) is 26.7 Å². The second kappa shape index (κ2) is 8.29. The molecule has 0 saturated heterocycles. The fraction of sp³-hybridized carbons (Fsp3) is 0.562. The van der Waals surface area contributed by atoms with Gasteiger partial charge in [0.25, 0.3) is 0 Å². The number of aryl methyl sites for hydroxylation is 1. The maximum absolute atomic E-state index is 12.4. The summed E-state index contributed by atoms with van der Waals surface area (Å²) in [6.07, 6.45) is 1.06. The van der Waals surface area contributed by atoms with Gasteiger partial charge >= 0.3 is 0 Å². The molecule has 0 spiro atoms. The molecule has 0 aliphatic heterocycles. The van der Waals surface area contributed by atoms with Crippen LogP contribution in [0.5, 0.6) is 0 Å². The largest absolute Gasteiger partial charge is 0.346 e. The van der Waals surface area contributed by atoms with Gasteiger partial charge in [0, 0.05) is 33.1 Å². The summed E-state index contributed by atoms with van der Waals surface area (Å²) in [6, 6.07) is 6.82. The molecule has 0 saturated carbocycles. The van der Waals surface area contributed by atoms with Gasteiger partial charge in [0.15, 0.2) is 0 Å². The smallest absolute Gasteiger partial charge is 0.243 e. The Balaban J connectivity index is 2.77. The number of rotatable bonds is 8. The molecule has 0 aliphatic carbocycles. The molecule has 5 nitrogen and oxygen atoms in total. The highest BCUT2D eigenvalue weighted by Crippen LogP contribution is 2.17. The van der Waals surface area contributed by atoms with Crippen LogP contribution in [0.25, 0.3) is 0 Å². The summed E-state index contributed by atoms with van der Waals surface area (Å²) in [6.45, 7) is 7.19. The summed E-state index contributed by atoms with van der Waals surface area (Å²) < 4.78 is 26.2. The first-order valence-electron chi connectivity index (χ1n) is 7.69. The summed E-state index contributed by atoms with van der Waals surface area (Å²) in [5.41, 5.74) is 0.969. The van der Waals surface area contributed by atoms with E-state index in [9.17, 15) is 13.2 Å². The molecule has 0 atom stereocenters. The van der Waals surface area contributed by atoms with E-state index in [0.717, 1.165) is 5.56 Å². The van der Waals surface area contributed by atoms with Crippen LogP contribution in [0.15, 0.2) is 29.2 Å². The van der Waals surface area contributed by atoms with Crippen LogP contribution in [0.4, 0.5) is 0 Å². The van der Waals surface area contributed by atoms with Crippen LogP contribution in [0.1, 0.15) is 32.8 Å². The van der Waals surface area contributed by atoms with Crippen molar-refractivity contribution in [3.8, 4) is 0 Å². The molecule has 0 heterocycles. The van der Waals surface area contributed by atoms with Gasteiger partial charge in [-0.2, -0.15) is 4.31 Å². The standard InChI is InChI=1S/C16H26N2O3S/c1-5-17(4)16(19)13-10-14-8-11-15(12-9-14)22(20,21)18(6-2)7-3/h8-9,11-12H,5-7,10,13H2,1-4H3. The minimum Gasteiger partial charge on any atom is -0.346 e. The molecule has 6 heteroatoms. The number of benzene rings is 1. The average Bonchev–Trinajstić information content (AvgIpc) is 2.53. The number of sulfonamides is 1. The Labute approximate surface area is 134 Å². The van der Waals surface area contributed by atoms with Gasteiger partial charge in [-0.3, -0.25) is 4.79 Å². The molecular weight excluding hydrogens is 300 g/mol. The van der Waals surface area contributed by atoms with Crippen molar-refractivity contribution in [3.63, 3.8) is 0 Å². The maximum Gasteiger partial charge on any atom is 0.243 e. The fourth-order valence-corrected chi connectivity index (χ4v) is 3.62. The molecule has 1 aromatic carbocycles. The number of nitrogens with zero attached hydrogens (tertiary/aromatic N) is 2. The number of hydrogen-bond donors (Lipinski definition) is 0. The number of carbonyl (C=O) groups is 1. The van der Waals surface area contributed by atoms with Gasteiger partial charge in [0.2, 0.25) is 15.9 Å². The first kappa shape index (κ1) is 18.6. The van der Waals surface area contributed by atoms with Gasteiger partial charge in [-0.15, -0.1) is 0 Å². The molecule has 1 aromatic rings. The van der Waals surface area contributed by atoms with E-state index in [1.54, 1.807) is 36.2 Å². The van der Waals surface area contributed by atoms with E-state index < -0.39 is 10.0 Å². The molecule has 22 heavy (non-hydrogen) atoms. The quantitative estimate of drug-likeness (QED) is 0.735. The average molecular weight is 326 g/mol. The van der Waals surface area contributed by atoms with E-state index in [0.29, 0.717) is 37.4 Å². The lowest BCUT2D eigenvalue weighted by atomic mass is 10.1. The van der Waals surface area contributed by atoms with Crippen molar-refractivity contribution in [1.82, 2.24) is 9.21 Å². The van der Waals surface area contributed by atoms with Crippen molar-refractivity contribution < 1.29 is 13.2 Å². The van der Waals surface area contributed by atoms with Crippen LogP contribution in [0.3, 0.4) is 0 Å². The Hall–Kier alpha value is -1.40. The van der Waals surface area contributed by atoms with Crippen LogP contribution >= 0.6 is 0 Å². The second-order valence-electron chi connectivity index (χ2n) is 5.14. The molecular formula is C16H26N2O3S. The van der Waals surface area contributed by atoms with Crippen LogP contribution in [0, 0.1) is 0 Å². The molecule has 0 aromatic heterocycles. The lowest BCUT2D eigenvalue weighted by Crippen LogP contribution is -2.30. The third kappa shape index (κ3) is 4.55. The highest BCUT2D eigenvalue weighted by atomic mass is 32.2. The Kier molecular flexibility index (Phi) is 7.03. The highest BCUT2D eigenvalue weighted by molar-refractivity contribution is 7.89. The topological polar surface area (TPSA) is 57.7 Å². The number of hydrogen-bond acceptors (Lipinski definition) is 3. The van der Waals surface area contributed by atoms with Crippen molar-refractivity contribution in [1.29, 1.82) is 0 Å². The molecule has 0 N–H and O–H groups in total. The van der Waals surface area contributed by atoms with Gasteiger partial charge in [-0.1, -0.05) is 26.0 Å². The van der Waals surface area contributed by atoms with Crippen molar-refractivity contribution in [2.24, 2.45) is 0 Å². The molecule has 0 fully saturated rings. The van der Waals surface area contributed by atoms with E-state index in [2.05, 4.69) is 0 Å². The molecule has 124 valence electrons. The predicted octanol–water partition coefficient (Wildman–Crippen LogP) is 2.13. The Morgan fingerprint density at radius 2 is 1.55 bits per heavy atom. The van der Waals surface area contributed by atoms with E-state index in [-0.39, 0.29) is 5.91 Å². The lowest BCUT2D eigenvalue weighted by molar-refractivity contribution is -0.129. The first-order valence-corrected chi connectivity index (χ1v) is 9.13. The van der Waals surface area contributed by atoms with E-state index >= 15 is 0 Å². The highest BCUT2D eigenvalue weighted by Gasteiger charge is 2.21. The zero-order valence-electron chi connectivity index (χ0n) is 13.9. The van der Waals surface area contributed by atoms with Crippen LogP contribution < -0.4 is 0 Å². The third-order valence-electron chi connectivity index (χ3n) is 3.79. The summed E-state index contributed by atoms with van der Waals surface area (Å²) in [5.74, 6) is 0.0994. The van der Waals surface area contributed by atoms with Gasteiger partial charge in [-0.25, -0.2) is 8.42 Å². The maximum atomic E-state index is 12.4. The zero-order valence-corrected chi connectivity index (χ0v) is 14.7. The summed E-state index contributed by atoms with van der Waals surface area (Å²) in [4.78, 5) is 13.7. The minimum absolute atomic E-state index is 0.0994. The van der Waals surface area contributed by atoms with E-state index in [1.807, 2.05) is 20.8 Å². The summed E-state index contributed by atoms with van der Waals surface area (Å²) in [7, 11) is -1.63.